The second-order valence-corrected chi connectivity index (χ2v) is 9.95. The maximum Gasteiger partial charge on any atom is 0.261 e. The molecule has 1 saturated carbocycles. The number of hydrogen-bond donors (Lipinski definition) is 2. The monoisotopic (exact) mass is 483 g/mol. The van der Waals surface area contributed by atoms with Crippen molar-refractivity contribution in [3.63, 3.8) is 0 Å². The molecule has 2 heterocycles. The fourth-order valence-corrected chi connectivity index (χ4v) is 5.39. The van der Waals surface area contributed by atoms with Gasteiger partial charge in [-0.05, 0) is 42.7 Å². The number of ether oxygens (including phenoxy) is 1. The lowest BCUT2D eigenvalue weighted by Crippen LogP contribution is -2.51. The Morgan fingerprint density at radius 1 is 1.00 bits per heavy atom. The molecular weight excluding hydrogens is 450 g/mol. The van der Waals surface area contributed by atoms with Crippen LogP contribution in [0.25, 0.3) is 0 Å². The molecule has 1 aliphatic carbocycles. The van der Waals surface area contributed by atoms with Gasteiger partial charge in [-0.3, -0.25) is 14.4 Å². The van der Waals surface area contributed by atoms with Crippen molar-refractivity contribution in [1.82, 2.24) is 15.5 Å². The van der Waals surface area contributed by atoms with Gasteiger partial charge >= 0.3 is 0 Å². The van der Waals surface area contributed by atoms with Gasteiger partial charge < -0.3 is 20.3 Å². The maximum absolute atomic E-state index is 13.6. The number of thiophene rings is 1. The predicted octanol–water partition coefficient (Wildman–Crippen LogP) is 3.68. The molecule has 2 N–H and O–H groups in total. The van der Waals surface area contributed by atoms with Crippen LogP contribution in [0.1, 0.15) is 66.2 Å². The van der Waals surface area contributed by atoms with Gasteiger partial charge in [0.25, 0.3) is 5.91 Å². The summed E-state index contributed by atoms with van der Waals surface area (Å²) in [6, 6.07) is 12.3. The molecule has 0 bridgehead atoms. The molecule has 34 heavy (non-hydrogen) atoms. The van der Waals surface area contributed by atoms with Gasteiger partial charge in [-0.2, -0.15) is 0 Å². The van der Waals surface area contributed by atoms with E-state index < -0.39 is 6.04 Å². The highest BCUT2D eigenvalue weighted by Gasteiger charge is 2.35. The van der Waals surface area contributed by atoms with Crippen LogP contribution < -0.4 is 10.6 Å². The normalized spacial score (nSPS) is 19.4. The Hall–Kier alpha value is -2.71. The van der Waals surface area contributed by atoms with Crippen molar-refractivity contribution in [2.75, 3.05) is 19.7 Å². The zero-order valence-corrected chi connectivity index (χ0v) is 20.2. The molecule has 2 aromatic rings. The highest BCUT2D eigenvalue weighted by molar-refractivity contribution is 7.12. The van der Waals surface area contributed by atoms with E-state index in [2.05, 4.69) is 10.6 Å². The molecule has 2 aliphatic rings. The lowest BCUT2D eigenvalue weighted by Gasteiger charge is -2.34. The molecule has 182 valence electrons. The van der Waals surface area contributed by atoms with Gasteiger partial charge in [0.2, 0.25) is 11.8 Å². The Balaban J connectivity index is 1.55. The Bertz CT molecular complexity index is 938. The second kappa shape index (κ2) is 12.1. The van der Waals surface area contributed by atoms with Crippen molar-refractivity contribution in [1.29, 1.82) is 0 Å². The van der Waals surface area contributed by atoms with Crippen LogP contribution in [0.3, 0.4) is 0 Å². The van der Waals surface area contributed by atoms with Gasteiger partial charge in [-0.25, -0.2) is 0 Å². The van der Waals surface area contributed by atoms with E-state index in [0.717, 1.165) is 44.1 Å². The minimum atomic E-state index is -0.779. The van der Waals surface area contributed by atoms with Crippen LogP contribution >= 0.6 is 11.3 Å². The minimum Gasteiger partial charge on any atom is -0.376 e. The zero-order valence-electron chi connectivity index (χ0n) is 19.4. The largest absolute Gasteiger partial charge is 0.376 e. The first-order chi connectivity index (χ1) is 16.6. The third kappa shape index (κ3) is 6.45. The molecule has 1 saturated heterocycles. The first-order valence-electron chi connectivity index (χ1n) is 12.2. The van der Waals surface area contributed by atoms with Gasteiger partial charge in [-0.1, -0.05) is 55.7 Å². The summed E-state index contributed by atoms with van der Waals surface area (Å²) in [7, 11) is 0. The number of carbonyl (C=O) groups excluding carboxylic acids is 3. The Morgan fingerprint density at radius 2 is 1.79 bits per heavy atom. The van der Waals surface area contributed by atoms with Crippen molar-refractivity contribution in [3.8, 4) is 0 Å². The number of hydrogen-bond acceptors (Lipinski definition) is 5. The summed E-state index contributed by atoms with van der Waals surface area (Å²) in [6.45, 7) is 0.793. The number of carbonyl (C=O) groups is 3. The molecular formula is C26H33N3O4S. The molecule has 3 amide bonds. The van der Waals surface area contributed by atoms with E-state index in [9.17, 15) is 14.4 Å². The van der Waals surface area contributed by atoms with Crippen molar-refractivity contribution in [3.05, 3.63) is 58.3 Å². The molecule has 0 radical (unpaired) electrons. The Morgan fingerprint density at radius 3 is 2.47 bits per heavy atom. The molecule has 2 fully saturated rings. The third-order valence-corrected chi connectivity index (χ3v) is 7.39. The minimum absolute atomic E-state index is 0.120. The molecule has 0 unspecified atom stereocenters. The van der Waals surface area contributed by atoms with E-state index in [4.69, 9.17) is 4.74 Å². The highest BCUT2D eigenvalue weighted by Crippen LogP contribution is 2.26. The number of nitrogens with zero attached hydrogens (tertiary/aromatic N) is 1. The number of amides is 3. The summed E-state index contributed by atoms with van der Waals surface area (Å²) in [5, 5.41) is 7.75. The van der Waals surface area contributed by atoms with Gasteiger partial charge in [0.15, 0.2) is 0 Å². The number of nitrogens with one attached hydrogen (secondary N) is 2. The van der Waals surface area contributed by atoms with Gasteiger partial charge in [0.05, 0.1) is 17.5 Å². The molecule has 4 rings (SSSR count). The molecule has 7 nitrogen and oxygen atoms in total. The smallest absolute Gasteiger partial charge is 0.261 e. The van der Waals surface area contributed by atoms with Crippen molar-refractivity contribution >= 4 is 29.1 Å². The van der Waals surface area contributed by atoms with Gasteiger partial charge in [-0.15, -0.1) is 11.3 Å². The lowest BCUT2D eigenvalue weighted by molar-refractivity contribution is -0.142. The zero-order chi connectivity index (χ0) is 23.8. The van der Waals surface area contributed by atoms with Crippen molar-refractivity contribution in [2.24, 2.45) is 0 Å². The molecule has 2 atom stereocenters. The molecule has 8 heteroatoms. The van der Waals surface area contributed by atoms with Gasteiger partial charge in [0, 0.05) is 19.2 Å². The van der Waals surface area contributed by atoms with E-state index in [-0.39, 0.29) is 36.4 Å². The molecule has 1 aromatic heterocycles. The van der Waals surface area contributed by atoms with Crippen LogP contribution in [-0.4, -0.2) is 54.5 Å². The Kier molecular flexibility index (Phi) is 8.71. The first kappa shape index (κ1) is 24.4. The summed E-state index contributed by atoms with van der Waals surface area (Å²) in [4.78, 5) is 41.7. The van der Waals surface area contributed by atoms with E-state index in [0.29, 0.717) is 18.0 Å². The van der Waals surface area contributed by atoms with Crippen LogP contribution in [0.15, 0.2) is 47.8 Å². The van der Waals surface area contributed by atoms with E-state index in [1.54, 1.807) is 17.0 Å². The highest BCUT2D eigenvalue weighted by atomic mass is 32.1. The third-order valence-electron chi connectivity index (χ3n) is 6.52. The number of rotatable bonds is 9. The standard InChI is InChI=1S/C26H33N3O4S/c30-23(17-27-25(31)22-14-8-16-34-22)29(18-21-13-7-15-33-21)24(19-9-3-1-4-10-19)26(32)28-20-11-5-2-6-12-20/h1,3-4,8-10,14,16,20-21,24H,2,5-7,11-13,15,17-18H2,(H,27,31)(H,28,32)/t21-,24+/m1/s1. The summed E-state index contributed by atoms with van der Waals surface area (Å²) in [5.41, 5.74) is 0.756. The quantitative estimate of drug-likeness (QED) is 0.570. The van der Waals surface area contributed by atoms with Crippen LogP contribution in [0, 0.1) is 0 Å². The second-order valence-electron chi connectivity index (χ2n) is 9.00. The fraction of sp³-hybridized carbons (Fsp3) is 0.500. The summed E-state index contributed by atoms with van der Waals surface area (Å²) in [5.74, 6) is -0.759. The first-order valence-corrected chi connectivity index (χ1v) is 13.1. The maximum atomic E-state index is 13.6. The molecule has 1 aliphatic heterocycles. The summed E-state index contributed by atoms with van der Waals surface area (Å²) >= 11 is 1.32. The van der Waals surface area contributed by atoms with Crippen LogP contribution in [0.4, 0.5) is 0 Å². The van der Waals surface area contributed by atoms with Crippen molar-refractivity contribution in [2.45, 2.75) is 63.1 Å². The van der Waals surface area contributed by atoms with E-state index in [1.807, 2.05) is 35.7 Å². The summed E-state index contributed by atoms with van der Waals surface area (Å²) in [6.07, 6.45) is 6.99. The van der Waals surface area contributed by atoms with Crippen LogP contribution in [0.2, 0.25) is 0 Å². The number of benzene rings is 1. The van der Waals surface area contributed by atoms with E-state index in [1.165, 1.54) is 17.8 Å². The van der Waals surface area contributed by atoms with Crippen molar-refractivity contribution < 1.29 is 19.1 Å². The average Bonchev–Trinajstić information content (AvgIpc) is 3.58. The SMILES string of the molecule is O=C(NCC(=O)N(C[C@H]1CCCO1)[C@H](C(=O)NC1CCCCC1)c1ccccc1)c1cccs1. The average molecular weight is 484 g/mol. The molecule has 1 aromatic carbocycles. The lowest BCUT2D eigenvalue weighted by atomic mass is 9.94. The predicted molar refractivity (Wildman–Crippen MR) is 132 cm³/mol. The van der Waals surface area contributed by atoms with Gasteiger partial charge in [0.1, 0.15) is 6.04 Å². The molecule has 0 spiro atoms. The Labute approximate surface area is 204 Å². The topological polar surface area (TPSA) is 87.7 Å². The fourth-order valence-electron chi connectivity index (χ4n) is 4.75. The van der Waals surface area contributed by atoms with E-state index >= 15 is 0 Å². The van der Waals surface area contributed by atoms with Crippen LogP contribution in [0.5, 0.6) is 0 Å². The van der Waals surface area contributed by atoms with Crippen LogP contribution in [-0.2, 0) is 14.3 Å². The summed E-state index contributed by atoms with van der Waals surface area (Å²) < 4.78 is 5.82.